The third-order valence-corrected chi connectivity index (χ3v) is 4.47. The lowest BCUT2D eigenvalue weighted by Gasteiger charge is -2.25. The minimum atomic E-state index is -1.35. The van der Waals surface area contributed by atoms with Gasteiger partial charge in [0.15, 0.2) is 0 Å². The van der Waals surface area contributed by atoms with E-state index >= 15 is 0 Å². The number of hydrogen-bond donors (Lipinski definition) is 3. The first-order valence-electron chi connectivity index (χ1n) is 8.72. The molecular weight excluding hydrogens is 355 g/mol. The van der Waals surface area contributed by atoms with Gasteiger partial charge >= 0.3 is 6.03 Å². The highest BCUT2D eigenvalue weighted by atomic mass is 19.1. The van der Waals surface area contributed by atoms with E-state index in [-0.39, 0.29) is 12.3 Å². The Morgan fingerprint density at radius 1 is 1.22 bits per heavy atom. The van der Waals surface area contributed by atoms with E-state index in [4.69, 9.17) is 0 Å². The molecule has 1 saturated heterocycles. The first-order valence-corrected chi connectivity index (χ1v) is 8.72. The zero-order valence-corrected chi connectivity index (χ0v) is 15.5. The zero-order valence-electron chi connectivity index (χ0n) is 15.5. The number of imide groups is 1. The fourth-order valence-corrected chi connectivity index (χ4v) is 2.97. The summed E-state index contributed by atoms with van der Waals surface area (Å²) < 4.78 is 13.2. The summed E-state index contributed by atoms with van der Waals surface area (Å²) in [4.78, 5) is 49.9. The van der Waals surface area contributed by atoms with Gasteiger partial charge in [0, 0.05) is 6.54 Å². The zero-order chi connectivity index (χ0) is 20.2. The van der Waals surface area contributed by atoms with Crippen LogP contribution in [-0.2, 0) is 19.9 Å². The molecule has 1 aromatic carbocycles. The van der Waals surface area contributed by atoms with Crippen LogP contribution < -0.4 is 16.0 Å². The molecule has 5 amide bonds. The summed E-state index contributed by atoms with van der Waals surface area (Å²) in [6, 6.07) is 3.75. The van der Waals surface area contributed by atoms with E-state index in [9.17, 15) is 23.6 Å². The number of urea groups is 1. The average molecular weight is 378 g/mol. The van der Waals surface area contributed by atoms with Crippen molar-refractivity contribution in [3.05, 3.63) is 35.6 Å². The van der Waals surface area contributed by atoms with E-state index in [2.05, 4.69) is 16.0 Å². The molecule has 2 atom stereocenters. The van der Waals surface area contributed by atoms with Crippen LogP contribution in [0.25, 0.3) is 0 Å². The largest absolute Gasteiger partial charge is 0.355 e. The highest BCUT2D eigenvalue weighted by Gasteiger charge is 2.51. The van der Waals surface area contributed by atoms with Crippen molar-refractivity contribution in [1.29, 1.82) is 0 Å². The maximum Gasteiger partial charge on any atom is 0.325 e. The summed E-state index contributed by atoms with van der Waals surface area (Å²) in [5, 5.41) is 7.63. The van der Waals surface area contributed by atoms with Crippen LogP contribution in [0, 0.1) is 5.82 Å². The molecule has 0 unspecified atom stereocenters. The lowest BCUT2D eigenvalue weighted by molar-refractivity contribution is -0.136. The summed E-state index contributed by atoms with van der Waals surface area (Å²) in [6.07, 6.45) is 0.233. The van der Waals surface area contributed by atoms with Crippen LogP contribution in [0.15, 0.2) is 24.3 Å². The van der Waals surface area contributed by atoms with E-state index in [1.807, 2.05) is 0 Å². The topological polar surface area (TPSA) is 108 Å². The quantitative estimate of drug-likeness (QED) is 0.605. The van der Waals surface area contributed by atoms with Gasteiger partial charge in [0.25, 0.3) is 5.91 Å². The van der Waals surface area contributed by atoms with Gasteiger partial charge in [-0.15, -0.1) is 0 Å². The molecule has 1 aromatic rings. The number of carbonyl (C=O) groups is 4. The third kappa shape index (κ3) is 4.07. The molecule has 1 heterocycles. The number of benzene rings is 1. The standard InChI is InChI=1S/C18H23FN4O4/c1-4-18(12-6-8-13(19)9-7-12)16(26)23(17(27)22-18)10-14(24)21-11(3)15(25)20-5-2/h6-9,11H,4-5,10H2,1-3H3,(H,20,25)(H,21,24)(H,22,27)/t11-,18+/m0/s1. The molecule has 9 heteroatoms. The predicted octanol–water partition coefficient (Wildman–Crippen LogP) is 0.624. The Labute approximate surface area is 156 Å². The Morgan fingerprint density at radius 2 is 1.85 bits per heavy atom. The summed E-state index contributed by atoms with van der Waals surface area (Å²) in [7, 11) is 0. The number of nitrogens with one attached hydrogen (secondary N) is 3. The van der Waals surface area contributed by atoms with Crippen molar-refractivity contribution in [2.75, 3.05) is 13.1 Å². The van der Waals surface area contributed by atoms with Crippen LogP contribution in [0.5, 0.6) is 0 Å². The first-order chi connectivity index (χ1) is 12.7. The van der Waals surface area contributed by atoms with Crippen molar-refractivity contribution in [2.45, 2.75) is 38.8 Å². The van der Waals surface area contributed by atoms with Crippen molar-refractivity contribution < 1.29 is 23.6 Å². The fourth-order valence-electron chi connectivity index (χ4n) is 2.97. The normalized spacial score (nSPS) is 20.2. The third-order valence-electron chi connectivity index (χ3n) is 4.47. The molecule has 0 bridgehead atoms. The molecule has 0 radical (unpaired) electrons. The van der Waals surface area contributed by atoms with Crippen LogP contribution >= 0.6 is 0 Å². The smallest absolute Gasteiger partial charge is 0.325 e. The summed E-state index contributed by atoms with van der Waals surface area (Å²) in [5.74, 6) is -2.06. The van der Waals surface area contributed by atoms with Crippen LogP contribution in [0.3, 0.4) is 0 Å². The van der Waals surface area contributed by atoms with Gasteiger partial charge in [-0.25, -0.2) is 9.18 Å². The van der Waals surface area contributed by atoms with Crippen molar-refractivity contribution in [1.82, 2.24) is 20.9 Å². The SMILES string of the molecule is CCNC(=O)[C@H](C)NC(=O)CN1C(=O)N[C@](CC)(c2ccc(F)cc2)C1=O. The van der Waals surface area contributed by atoms with Gasteiger partial charge in [0.1, 0.15) is 23.9 Å². The second-order valence-corrected chi connectivity index (χ2v) is 6.27. The number of hydrogen-bond acceptors (Lipinski definition) is 4. The number of halogens is 1. The number of carbonyl (C=O) groups excluding carboxylic acids is 4. The molecule has 1 aliphatic rings. The van der Waals surface area contributed by atoms with Gasteiger partial charge in [-0.2, -0.15) is 0 Å². The lowest BCUT2D eigenvalue weighted by Crippen LogP contribution is -2.49. The van der Waals surface area contributed by atoms with Gasteiger partial charge in [-0.3, -0.25) is 19.3 Å². The van der Waals surface area contributed by atoms with Gasteiger partial charge in [-0.05, 0) is 38.0 Å². The van der Waals surface area contributed by atoms with Crippen molar-refractivity contribution in [2.24, 2.45) is 0 Å². The van der Waals surface area contributed by atoms with Gasteiger partial charge in [0.05, 0.1) is 0 Å². The Hall–Kier alpha value is -2.97. The molecule has 1 fully saturated rings. The molecule has 0 saturated carbocycles. The lowest BCUT2D eigenvalue weighted by atomic mass is 9.87. The second kappa shape index (κ2) is 8.15. The number of nitrogens with zero attached hydrogens (tertiary/aromatic N) is 1. The first kappa shape index (κ1) is 20.3. The molecule has 0 spiro atoms. The number of amides is 5. The van der Waals surface area contributed by atoms with E-state index in [0.717, 1.165) is 4.90 Å². The molecule has 3 N–H and O–H groups in total. The van der Waals surface area contributed by atoms with E-state index in [1.54, 1.807) is 13.8 Å². The number of rotatable bonds is 7. The molecular formula is C18H23FN4O4. The maximum atomic E-state index is 13.2. The monoisotopic (exact) mass is 378 g/mol. The van der Waals surface area contributed by atoms with E-state index < -0.39 is 41.8 Å². The van der Waals surface area contributed by atoms with Gasteiger partial charge in [-0.1, -0.05) is 19.1 Å². The highest BCUT2D eigenvalue weighted by Crippen LogP contribution is 2.32. The minimum absolute atomic E-state index is 0.233. The van der Waals surface area contributed by atoms with Gasteiger partial charge in [0.2, 0.25) is 11.8 Å². The van der Waals surface area contributed by atoms with Crippen LogP contribution in [-0.4, -0.2) is 47.8 Å². The molecule has 1 aliphatic heterocycles. The van der Waals surface area contributed by atoms with Crippen LogP contribution in [0.4, 0.5) is 9.18 Å². The van der Waals surface area contributed by atoms with Crippen molar-refractivity contribution in [3.63, 3.8) is 0 Å². The number of likely N-dealkylation sites (N-methyl/N-ethyl adjacent to an activating group) is 1. The summed E-state index contributed by atoms with van der Waals surface area (Å²) in [6.45, 7) is 4.87. The molecule has 27 heavy (non-hydrogen) atoms. The van der Waals surface area contributed by atoms with E-state index in [0.29, 0.717) is 12.1 Å². The highest BCUT2D eigenvalue weighted by molar-refractivity contribution is 6.09. The summed E-state index contributed by atoms with van der Waals surface area (Å²) in [5.41, 5.74) is -0.917. The van der Waals surface area contributed by atoms with Gasteiger partial charge < -0.3 is 16.0 Å². The summed E-state index contributed by atoms with van der Waals surface area (Å²) >= 11 is 0. The maximum absolute atomic E-state index is 13.2. The Bertz CT molecular complexity index is 752. The second-order valence-electron chi connectivity index (χ2n) is 6.27. The molecule has 2 rings (SSSR count). The van der Waals surface area contributed by atoms with Crippen molar-refractivity contribution in [3.8, 4) is 0 Å². The minimum Gasteiger partial charge on any atom is -0.355 e. The van der Waals surface area contributed by atoms with Crippen LogP contribution in [0.1, 0.15) is 32.8 Å². The Morgan fingerprint density at radius 3 is 2.41 bits per heavy atom. The Kier molecular flexibility index (Phi) is 6.14. The average Bonchev–Trinajstić information content (AvgIpc) is 2.87. The molecule has 0 aliphatic carbocycles. The predicted molar refractivity (Wildman–Crippen MR) is 94.9 cm³/mol. The fraction of sp³-hybridized carbons (Fsp3) is 0.444. The Balaban J connectivity index is 2.14. The van der Waals surface area contributed by atoms with Crippen molar-refractivity contribution >= 4 is 23.8 Å². The van der Waals surface area contributed by atoms with Crippen LogP contribution in [0.2, 0.25) is 0 Å². The van der Waals surface area contributed by atoms with E-state index in [1.165, 1.54) is 31.2 Å². The molecule has 146 valence electrons. The molecule has 8 nitrogen and oxygen atoms in total. The molecule has 0 aromatic heterocycles.